The third-order valence-corrected chi connectivity index (χ3v) is 8.92. The predicted octanol–water partition coefficient (Wildman–Crippen LogP) is 11.3. The van der Waals surface area contributed by atoms with Gasteiger partial charge < -0.3 is 9.13 Å². The van der Waals surface area contributed by atoms with Gasteiger partial charge in [-0.15, -0.1) is 0 Å². The number of nitrogens with zero attached hydrogens (tertiary/aromatic N) is 4. The van der Waals surface area contributed by atoms with Crippen LogP contribution in [0.2, 0.25) is 0 Å². The minimum Gasteiger partial charge on any atom is -0.309 e. The number of halogens is 3. The van der Waals surface area contributed by atoms with Crippen molar-refractivity contribution >= 4 is 49.3 Å². The summed E-state index contributed by atoms with van der Waals surface area (Å²) in [5.41, 5.74) is 6.23. The second kappa shape index (κ2) is 10.4. The molecule has 7 heteroatoms. The molecule has 8 aromatic rings. The van der Waals surface area contributed by atoms with Gasteiger partial charge in [0.1, 0.15) is 0 Å². The quantitative estimate of drug-likeness (QED) is 0.182. The summed E-state index contributed by atoms with van der Waals surface area (Å²) in [6, 6.07) is 38.5. The fourth-order valence-corrected chi connectivity index (χ4v) is 6.81. The molecule has 2 heterocycles. The van der Waals surface area contributed by atoms with E-state index in [9.17, 15) is 18.4 Å². The highest BCUT2D eigenvalue weighted by Crippen LogP contribution is 2.42. The molecular formula is C40H23F3N4. The van der Waals surface area contributed by atoms with Gasteiger partial charge in [-0.3, -0.25) is 0 Å². The number of benzene rings is 6. The van der Waals surface area contributed by atoms with E-state index in [1.165, 1.54) is 6.07 Å². The molecule has 6 aromatic carbocycles. The summed E-state index contributed by atoms with van der Waals surface area (Å²) in [6.45, 7) is 9.32. The second-order valence-electron chi connectivity index (χ2n) is 11.6. The average molecular weight is 617 g/mol. The molecule has 0 aliphatic carbocycles. The van der Waals surface area contributed by atoms with Crippen molar-refractivity contribution in [3.63, 3.8) is 0 Å². The van der Waals surface area contributed by atoms with Gasteiger partial charge in [-0.2, -0.15) is 18.4 Å². The van der Waals surface area contributed by atoms with Gasteiger partial charge in [0, 0.05) is 27.5 Å². The maximum atomic E-state index is 14.7. The number of nitriles is 1. The van der Waals surface area contributed by atoms with E-state index in [0.29, 0.717) is 33.8 Å². The molecular weight excluding hydrogens is 593 g/mol. The monoisotopic (exact) mass is 616 g/mol. The third kappa shape index (κ3) is 4.36. The number of para-hydroxylation sites is 2. The van der Waals surface area contributed by atoms with E-state index in [-0.39, 0.29) is 5.56 Å². The number of aromatic nitrogens is 2. The highest BCUT2D eigenvalue weighted by atomic mass is 19.4. The van der Waals surface area contributed by atoms with Gasteiger partial charge in [-0.05, 0) is 102 Å². The Labute approximate surface area is 267 Å². The average Bonchev–Trinajstić information content (AvgIpc) is 3.60. The molecule has 0 spiro atoms. The van der Waals surface area contributed by atoms with E-state index in [0.717, 1.165) is 49.7 Å². The number of alkyl halides is 3. The Morgan fingerprint density at radius 1 is 0.617 bits per heavy atom. The lowest BCUT2D eigenvalue weighted by molar-refractivity contribution is -0.137. The first-order valence-corrected chi connectivity index (χ1v) is 14.9. The highest BCUT2D eigenvalue weighted by molar-refractivity contribution is 6.11. The smallest absolute Gasteiger partial charge is 0.309 e. The fraction of sp³-hybridized carbons (Fsp3) is 0.0500. The van der Waals surface area contributed by atoms with E-state index in [4.69, 9.17) is 6.57 Å². The minimum atomic E-state index is -4.60. The van der Waals surface area contributed by atoms with Crippen LogP contribution in [0.1, 0.15) is 16.7 Å². The molecule has 47 heavy (non-hydrogen) atoms. The molecule has 0 saturated heterocycles. The first-order valence-electron chi connectivity index (χ1n) is 14.9. The standard InChI is InChI=1S/C40H23F3N4/c1-24-11-14-27(46-36-9-5-3-7-29(36)33-19-25(23-44)12-17-38(33)46)21-31(24)32-22-28(15-16-35(32)40(41,42)43)47-37-10-6-4-8-30(37)34-20-26(45-2)13-18-39(34)47/h3-22H,1H3. The molecule has 0 N–H and O–H groups in total. The zero-order valence-electron chi connectivity index (χ0n) is 25.0. The molecule has 0 atom stereocenters. The summed E-state index contributed by atoms with van der Waals surface area (Å²) < 4.78 is 48.2. The molecule has 0 aliphatic rings. The fourth-order valence-electron chi connectivity index (χ4n) is 6.81. The number of rotatable bonds is 3. The van der Waals surface area contributed by atoms with Crippen molar-refractivity contribution in [2.75, 3.05) is 0 Å². The Hall–Kier alpha value is -6.31. The van der Waals surface area contributed by atoms with Crippen LogP contribution >= 0.6 is 0 Å². The highest BCUT2D eigenvalue weighted by Gasteiger charge is 2.34. The van der Waals surface area contributed by atoms with Crippen LogP contribution in [0, 0.1) is 24.8 Å². The van der Waals surface area contributed by atoms with E-state index in [1.807, 2.05) is 107 Å². The molecule has 0 bridgehead atoms. The Bertz CT molecular complexity index is 2660. The van der Waals surface area contributed by atoms with Crippen LogP contribution < -0.4 is 0 Å². The van der Waals surface area contributed by atoms with Crippen LogP contribution in [0.4, 0.5) is 18.9 Å². The summed E-state index contributed by atoms with van der Waals surface area (Å²) >= 11 is 0. The number of hydrogen-bond donors (Lipinski definition) is 0. The number of hydrogen-bond acceptors (Lipinski definition) is 1. The molecule has 8 rings (SSSR count). The van der Waals surface area contributed by atoms with E-state index in [1.54, 1.807) is 18.2 Å². The van der Waals surface area contributed by atoms with Crippen molar-refractivity contribution in [3.05, 3.63) is 149 Å². The Morgan fingerprint density at radius 2 is 1.17 bits per heavy atom. The topological polar surface area (TPSA) is 38.0 Å². The molecule has 0 saturated carbocycles. The summed E-state index contributed by atoms with van der Waals surface area (Å²) in [4.78, 5) is 3.59. The Balaban J connectivity index is 1.40. The zero-order valence-corrected chi connectivity index (χ0v) is 25.0. The van der Waals surface area contributed by atoms with Gasteiger partial charge in [0.15, 0.2) is 5.69 Å². The molecule has 0 radical (unpaired) electrons. The third-order valence-electron chi connectivity index (χ3n) is 8.92. The van der Waals surface area contributed by atoms with Crippen molar-refractivity contribution in [2.45, 2.75) is 13.1 Å². The van der Waals surface area contributed by atoms with E-state index >= 15 is 0 Å². The van der Waals surface area contributed by atoms with Crippen molar-refractivity contribution in [2.24, 2.45) is 0 Å². The lowest BCUT2D eigenvalue weighted by Gasteiger charge is -2.19. The van der Waals surface area contributed by atoms with Gasteiger partial charge in [0.25, 0.3) is 0 Å². The zero-order chi connectivity index (χ0) is 32.4. The SMILES string of the molecule is [C-]#[N+]c1ccc2c(c1)c1ccccc1n2-c1ccc(C(F)(F)F)c(-c2cc(-n3c4ccccc4c4cc(C#N)ccc43)ccc2C)c1. The van der Waals surface area contributed by atoms with Crippen LogP contribution in [0.25, 0.3) is 71.0 Å². The van der Waals surface area contributed by atoms with Crippen LogP contribution in [-0.4, -0.2) is 9.13 Å². The van der Waals surface area contributed by atoms with Crippen LogP contribution in [-0.2, 0) is 6.18 Å². The molecule has 4 nitrogen and oxygen atoms in total. The first-order chi connectivity index (χ1) is 22.8. The van der Waals surface area contributed by atoms with Gasteiger partial charge >= 0.3 is 6.18 Å². The predicted molar refractivity (Wildman–Crippen MR) is 181 cm³/mol. The molecule has 0 aliphatic heterocycles. The normalized spacial score (nSPS) is 11.8. The number of aryl methyl sites for hydroxylation is 1. The van der Waals surface area contributed by atoms with Crippen LogP contribution in [0.15, 0.2) is 121 Å². The van der Waals surface area contributed by atoms with E-state index < -0.39 is 11.7 Å². The van der Waals surface area contributed by atoms with Crippen LogP contribution in [0.5, 0.6) is 0 Å². The van der Waals surface area contributed by atoms with Crippen LogP contribution in [0.3, 0.4) is 0 Å². The second-order valence-corrected chi connectivity index (χ2v) is 11.6. The van der Waals surface area contributed by atoms with Gasteiger partial charge in [-0.25, -0.2) is 4.85 Å². The largest absolute Gasteiger partial charge is 0.417 e. The van der Waals surface area contributed by atoms with E-state index in [2.05, 4.69) is 10.9 Å². The molecule has 2 aromatic heterocycles. The lowest BCUT2D eigenvalue weighted by Crippen LogP contribution is -2.09. The van der Waals surface area contributed by atoms with Crippen molar-refractivity contribution in [1.29, 1.82) is 5.26 Å². The maximum absolute atomic E-state index is 14.7. The molecule has 0 amide bonds. The first kappa shape index (κ1) is 28.2. The van der Waals surface area contributed by atoms with Crippen molar-refractivity contribution < 1.29 is 13.2 Å². The van der Waals surface area contributed by atoms with Gasteiger partial charge in [-0.1, -0.05) is 48.5 Å². The van der Waals surface area contributed by atoms with Crippen molar-refractivity contribution in [1.82, 2.24) is 9.13 Å². The Morgan fingerprint density at radius 3 is 1.79 bits per heavy atom. The minimum absolute atomic E-state index is 0.0746. The summed E-state index contributed by atoms with van der Waals surface area (Å²) in [5, 5.41) is 13.2. The molecule has 224 valence electrons. The van der Waals surface area contributed by atoms with Gasteiger partial charge in [0.2, 0.25) is 0 Å². The van der Waals surface area contributed by atoms with Gasteiger partial charge in [0.05, 0.1) is 45.8 Å². The molecule has 0 fully saturated rings. The summed E-state index contributed by atoms with van der Waals surface area (Å²) in [7, 11) is 0. The summed E-state index contributed by atoms with van der Waals surface area (Å²) in [5.74, 6) is 0. The Kier molecular flexibility index (Phi) is 6.22. The lowest BCUT2D eigenvalue weighted by atomic mass is 9.94. The van der Waals surface area contributed by atoms with Crippen molar-refractivity contribution in [3.8, 4) is 28.6 Å². The number of fused-ring (bicyclic) bond motifs is 6. The summed E-state index contributed by atoms with van der Waals surface area (Å²) in [6.07, 6.45) is -4.60. The maximum Gasteiger partial charge on any atom is 0.417 e. The molecule has 0 unspecified atom stereocenters.